The smallest absolute Gasteiger partial charge is 0.355 e. The zero-order valence-electron chi connectivity index (χ0n) is 17.2. The Bertz CT molecular complexity index is 1340. The number of carbonyl (C=O) groups is 1. The van der Waals surface area contributed by atoms with E-state index in [1.165, 1.54) is 12.1 Å². The second-order valence-electron chi connectivity index (χ2n) is 7.31. The number of carbonyl (C=O) groups excluding carboxylic acids is 1. The van der Waals surface area contributed by atoms with E-state index < -0.39 is 17.6 Å². The maximum absolute atomic E-state index is 12.8. The Morgan fingerprint density at radius 3 is 2.55 bits per heavy atom. The molecule has 3 N–H and O–H groups in total. The number of halogens is 3. The van der Waals surface area contributed by atoms with Crippen molar-refractivity contribution in [2.24, 2.45) is 0 Å². The molecule has 3 aromatic carbocycles. The second-order valence-corrected chi connectivity index (χ2v) is 7.31. The number of anilines is 2. The van der Waals surface area contributed by atoms with Gasteiger partial charge >= 0.3 is 6.18 Å². The maximum atomic E-state index is 12.8. The van der Waals surface area contributed by atoms with E-state index in [-0.39, 0.29) is 5.56 Å². The van der Waals surface area contributed by atoms with Gasteiger partial charge in [0.15, 0.2) is 0 Å². The van der Waals surface area contributed by atoms with Crippen LogP contribution in [0.5, 0.6) is 0 Å². The molecule has 0 saturated carbocycles. The quantitative estimate of drug-likeness (QED) is 0.369. The predicted octanol–water partition coefficient (Wildman–Crippen LogP) is 5.36. The molecule has 0 fully saturated rings. The number of aromatic amines is 1. The third-order valence-corrected chi connectivity index (χ3v) is 5.00. The Balaban J connectivity index is 1.33. The number of nitriles is 1. The van der Waals surface area contributed by atoms with Gasteiger partial charge in [0.05, 0.1) is 16.6 Å². The molecule has 0 saturated heterocycles. The second kappa shape index (κ2) is 9.04. The molecule has 4 aromatic rings. The number of nitrogens with zero attached hydrogens (tertiary/aromatic N) is 2. The van der Waals surface area contributed by atoms with Gasteiger partial charge in [0.2, 0.25) is 5.95 Å². The average molecular weight is 449 g/mol. The van der Waals surface area contributed by atoms with Gasteiger partial charge in [0.1, 0.15) is 11.6 Å². The summed E-state index contributed by atoms with van der Waals surface area (Å²) in [7, 11) is 0. The van der Waals surface area contributed by atoms with Crippen molar-refractivity contribution in [3.8, 4) is 6.07 Å². The number of hydrogen-bond acceptors (Lipinski definition) is 4. The van der Waals surface area contributed by atoms with E-state index in [1.54, 1.807) is 24.3 Å². The lowest BCUT2D eigenvalue weighted by Gasteiger charge is -2.10. The zero-order valence-corrected chi connectivity index (χ0v) is 17.2. The van der Waals surface area contributed by atoms with Gasteiger partial charge in [-0.15, -0.1) is 0 Å². The fourth-order valence-electron chi connectivity index (χ4n) is 3.33. The maximum Gasteiger partial charge on any atom is 0.416 e. The summed E-state index contributed by atoms with van der Waals surface area (Å²) in [6.07, 6.45) is -3.84. The number of rotatable bonds is 6. The van der Waals surface area contributed by atoms with Crippen LogP contribution < -0.4 is 10.6 Å². The summed E-state index contributed by atoms with van der Waals surface area (Å²) < 4.78 is 38.5. The standard InChI is InChI=1S/C24H18F3N5O/c25-24(26,27)18-5-1-3-16(13-18)22(33)30-19-9-7-15(8-10-19)11-12-29-23-31-20-6-2-4-17(14-28)21(20)32-23/h1-10,13H,11-12H2,(H,30,33)(H2,29,31,32). The van der Waals surface area contributed by atoms with Crippen molar-refractivity contribution >= 4 is 28.6 Å². The Hall–Kier alpha value is -4.32. The Morgan fingerprint density at radius 2 is 1.82 bits per heavy atom. The molecule has 6 nitrogen and oxygen atoms in total. The summed E-state index contributed by atoms with van der Waals surface area (Å²) in [5.41, 5.74) is 2.43. The van der Waals surface area contributed by atoms with Crippen molar-refractivity contribution < 1.29 is 18.0 Å². The lowest BCUT2D eigenvalue weighted by atomic mass is 10.1. The lowest BCUT2D eigenvalue weighted by molar-refractivity contribution is -0.137. The van der Waals surface area contributed by atoms with Crippen LogP contribution in [0.3, 0.4) is 0 Å². The van der Waals surface area contributed by atoms with E-state index >= 15 is 0 Å². The van der Waals surface area contributed by atoms with Crippen LogP contribution in [0.1, 0.15) is 27.0 Å². The number of benzene rings is 3. The first-order valence-corrected chi connectivity index (χ1v) is 10.0. The van der Waals surface area contributed by atoms with Gasteiger partial charge in [0, 0.05) is 17.8 Å². The van der Waals surface area contributed by atoms with E-state index in [2.05, 4.69) is 26.7 Å². The number of alkyl halides is 3. The molecule has 0 unspecified atom stereocenters. The third kappa shape index (κ3) is 5.13. The molecule has 0 bridgehead atoms. The molecule has 9 heteroatoms. The molecule has 1 aromatic heterocycles. The largest absolute Gasteiger partial charge is 0.416 e. The first kappa shape index (κ1) is 21.9. The zero-order chi connectivity index (χ0) is 23.4. The number of amides is 1. The minimum atomic E-state index is -4.51. The SMILES string of the molecule is N#Cc1cccc2[nH]c(NCCc3ccc(NC(=O)c4cccc(C(F)(F)F)c4)cc3)nc12. The Kier molecular flexibility index (Phi) is 6.00. The molecule has 0 atom stereocenters. The van der Waals surface area contributed by atoms with Crippen LogP contribution in [0.4, 0.5) is 24.8 Å². The molecule has 0 aliphatic rings. The Labute approximate surface area is 187 Å². The van der Waals surface area contributed by atoms with Crippen LogP contribution in [0.15, 0.2) is 66.7 Å². The van der Waals surface area contributed by atoms with E-state index in [9.17, 15) is 18.0 Å². The van der Waals surface area contributed by atoms with Gasteiger partial charge in [0.25, 0.3) is 5.91 Å². The topological polar surface area (TPSA) is 93.6 Å². The summed E-state index contributed by atoms with van der Waals surface area (Å²) in [6.45, 7) is 0.581. The van der Waals surface area contributed by atoms with E-state index in [4.69, 9.17) is 5.26 Å². The molecule has 4 rings (SSSR count). The van der Waals surface area contributed by atoms with Gasteiger partial charge < -0.3 is 15.6 Å². The van der Waals surface area contributed by atoms with Gasteiger partial charge in [-0.05, 0) is 54.4 Å². The van der Waals surface area contributed by atoms with Crippen molar-refractivity contribution in [2.45, 2.75) is 12.6 Å². The molecular formula is C24H18F3N5O. The summed E-state index contributed by atoms with van der Waals surface area (Å²) in [6, 6.07) is 18.8. The number of para-hydroxylation sites is 1. The van der Waals surface area contributed by atoms with Crippen molar-refractivity contribution in [3.05, 3.63) is 89.0 Å². The van der Waals surface area contributed by atoms with Crippen LogP contribution in [0.25, 0.3) is 11.0 Å². The van der Waals surface area contributed by atoms with Crippen molar-refractivity contribution in [2.75, 3.05) is 17.2 Å². The van der Waals surface area contributed by atoms with Crippen LogP contribution in [-0.2, 0) is 12.6 Å². The number of aromatic nitrogens is 2. The van der Waals surface area contributed by atoms with Crippen LogP contribution in [0, 0.1) is 11.3 Å². The van der Waals surface area contributed by atoms with Crippen LogP contribution in [0.2, 0.25) is 0 Å². The van der Waals surface area contributed by atoms with Crippen molar-refractivity contribution in [1.29, 1.82) is 5.26 Å². The predicted molar refractivity (Wildman–Crippen MR) is 119 cm³/mol. The molecular weight excluding hydrogens is 431 g/mol. The summed E-state index contributed by atoms with van der Waals surface area (Å²) in [5, 5.41) is 15.0. The van der Waals surface area contributed by atoms with Gasteiger partial charge in [-0.25, -0.2) is 4.98 Å². The van der Waals surface area contributed by atoms with E-state index in [1.807, 2.05) is 18.2 Å². The average Bonchev–Trinajstić information content (AvgIpc) is 3.23. The highest BCUT2D eigenvalue weighted by atomic mass is 19.4. The van der Waals surface area contributed by atoms with Crippen LogP contribution >= 0.6 is 0 Å². The molecule has 0 aliphatic carbocycles. The molecule has 166 valence electrons. The van der Waals surface area contributed by atoms with E-state index in [0.717, 1.165) is 23.2 Å². The molecule has 0 spiro atoms. The van der Waals surface area contributed by atoms with E-state index in [0.29, 0.717) is 35.7 Å². The number of H-pyrrole nitrogens is 1. The fraction of sp³-hybridized carbons (Fsp3) is 0.125. The molecule has 1 amide bonds. The monoisotopic (exact) mass is 449 g/mol. The first-order chi connectivity index (χ1) is 15.8. The highest BCUT2D eigenvalue weighted by Gasteiger charge is 2.30. The fourth-order valence-corrected chi connectivity index (χ4v) is 3.33. The van der Waals surface area contributed by atoms with Gasteiger partial charge in [-0.3, -0.25) is 4.79 Å². The summed E-state index contributed by atoms with van der Waals surface area (Å²) in [4.78, 5) is 19.8. The molecule has 33 heavy (non-hydrogen) atoms. The normalized spacial score (nSPS) is 11.2. The number of fused-ring (bicyclic) bond motifs is 1. The minimum Gasteiger partial charge on any atom is -0.355 e. The number of nitrogens with one attached hydrogen (secondary N) is 3. The highest BCUT2D eigenvalue weighted by Crippen LogP contribution is 2.29. The number of hydrogen-bond donors (Lipinski definition) is 3. The molecule has 1 heterocycles. The summed E-state index contributed by atoms with van der Waals surface area (Å²) in [5.74, 6) is -0.0465. The lowest BCUT2D eigenvalue weighted by Crippen LogP contribution is -2.14. The highest BCUT2D eigenvalue weighted by molar-refractivity contribution is 6.04. The number of imidazole rings is 1. The molecule has 0 radical (unpaired) electrons. The van der Waals surface area contributed by atoms with Gasteiger partial charge in [-0.2, -0.15) is 18.4 Å². The Morgan fingerprint density at radius 1 is 1.06 bits per heavy atom. The molecule has 0 aliphatic heterocycles. The summed E-state index contributed by atoms with van der Waals surface area (Å²) >= 11 is 0. The van der Waals surface area contributed by atoms with Crippen molar-refractivity contribution in [3.63, 3.8) is 0 Å². The third-order valence-electron chi connectivity index (χ3n) is 5.00. The first-order valence-electron chi connectivity index (χ1n) is 10.0. The minimum absolute atomic E-state index is 0.0662. The van der Waals surface area contributed by atoms with Crippen molar-refractivity contribution in [1.82, 2.24) is 9.97 Å². The van der Waals surface area contributed by atoms with Gasteiger partial charge in [-0.1, -0.05) is 24.3 Å². The van der Waals surface area contributed by atoms with Crippen LogP contribution in [-0.4, -0.2) is 22.4 Å².